The van der Waals surface area contributed by atoms with Crippen LogP contribution >= 0.6 is 0 Å². The van der Waals surface area contributed by atoms with Crippen molar-refractivity contribution < 1.29 is 19.1 Å². The molecule has 0 radical (unpaired) electrons. The van der Waals surface area contributed by atoms with Crippen molar-refractivity contribution in [2.24, 2.45) is 5.92 Å². The summed E-state index contributed by atoms with van der Waals surface area (Å²) >= 11 is 0. The lowest BCUT2D eigenvalue weighted by Crippen LogP contribution is -2.09. The van der Waals surface area contributed by atoms with Crippen LogP contribution in [0.1, 0.15) is 36.0 Å². The number of hydrogen-bond donors (Lipinski definition) is 0. The zero-order chi connectivity index (χ0) is 20.9. The molecule has 0 unspecified atom stereocenters. The third kappa shape index (κ3) is 7.78. The summed E-state index contributed by atoms with van der Waals surface area (Å²) in [6.45, 7) is 8.02. The quantitative estimate of drug-likeness (QED) is 0.268. The lowest BCUT2D eigenvalue weighted by Gasteiger charge is -2.08. The SMILES string of the molecule is C=CC(C=C)CCC(=O)OCCCCOC(=O)c1ccc(-c2ccccc2)cc1. The molecular formula is C25H28O4. The Labute approximate surface area is 172 Å². The number of carbonyl (C=O) groups is 2. The Balaban J connectivity index is 1.62. The molecule has 4 heteroatoms. The molecule has 2 aromatic rings. The summed E-state index contributed by atoms with van der Waals surface area (Å²) in [4.78, 5) is 23.8. The highest BCUT2D eigenvalue weighted by molar-refractivity contribution is 5.90. The third-order valence-corrected chi connectivity index (χ3v) is 4.55. The van der Waals surface area contributed by atoms with Crippen LogP contribution < -0.4 is 0 Å². The topological polar surface area (TPSA) is 52.6 Å². The summed E-state index contributed by atoms with van der Waals surface area (Å²) in [7, 11) is 0. The number of unbranched alkanes of at least 4 members (excludes halogenated alkanes) is 1. The predicted octanol–water partition coefficient (Wildman–Crippen LogP) is 5.60. The highest BCUT2D eigenvalue weighted by Crippen LogP contribution is 2.19. The summed E-state index contributed by atoms with van der Waals surface area (Å²) in [5.74, 6) is -0.445. The van der Waals surface area contributed by atoms with Crippen LogP contribution in [0.5, 0.6) is 0 Å². The van der Waals surface area contributed by atoms with Gasteiger partial charge in [-0.2, -0.15) is 0 Å². The molecule has 0 aliphatic rings. The normalized spacial score (nSPS) is 10.4. The van der Waals surface area contributed by atoms with Gasteiger partial charge in [-0.3, -0.25) is 4.79 Å². The molecule has 0 saturated heterocycles. The Kier molecular flexibility index (Phi) is 9.43. The zero-order valence-corrected chi connectivity index (χ0v) is 16.7. The van der Waals surface area contributed by atoms with Crippen LogP contribution in [0.2, 0.25) is 0 Å². The van der Waals surface area contributed by atoms with Crippen molar-refractivity contribution >= 4 is 11.9 Å². The van der Waals surface area contributed by atoms with Crippen LogP contribution in [0, 0.1) is 5.92 Å². The fourth-order valence-electron chi connectivity index (χ4n) is 2.76. The lowest BCUT2D eigenvalue weighted by atomic mass is 10.0. The number of esters is 2. The molecule has 2 rings (SSSR count). The maximum atomic E-state index is 12.1. The molecule has 0 heterocycles. The van der Waals surface area contributed by atoms with Gasteiger partial charge in [-0.25, -0.2) is 4.79 Å². The van der Waals surface area contributed by atoms with E-state index in [2.05, 4.69) is 13.2 Å². The summed E-state index contributed by atoms with van der Waals surface area (Å²) in [5, 5.41) is 0. The van der Waals surface area contributed by atoms with E-state index in [9.17, 15) is 9.59 Å². The highest BCUT2D eigenvalue weighted by atomic mass is 16.5. The Hall–Kier alpha value is -3.14. The average Bonchev–Trinajstić information content (AvgIpc) is 2.77. The van der Waals surface area contributed by atoms with E-state index in [0.717, 1.165) is 11.1 Å². The average molecular weight is 392 g/mol. The van der Waals surface area contributed by atoms with Gasteiger partial charge in [-0.1, -0.05) is 54.6 Å². The second kappa shape index (κ2) is 12.3. The molecular weight excluding hydrogens is 364 g/mol. The molecule has 0 saturated carbocycles. The molecule has 0 aliphatic heterocycles. The molecule has 0 atom stereocenters. The Morgan fingerprint density at radius 1 is 0.828 bits per heavy atom. The molecule has 0 fully saturated rings. The molecule has 4 nitrogen and oxygen atoms in total. The second-order valence-electron chi connectivity index (χ2n) is 6.68. The molecule has 0 aliphatic carbocycles. The minimum atomic E-state index is -0.346. The van der Waals surface area contributed by atoms with Crippen molar-refractivity contribution in [3.63, 3.8) is 0 Å². The van der Waals surface area contributed by atoms with E-state index in [1.54, 1.807) is 24.3 Å². The van der Waals surface area contributed by atoms with Crippen molar-refractivity contribution in [2.45, 2.75) is 25.7 Å². The van der Waals surface area contributed by atoms with Gasteiger partial charge < -0.3 is 9.47 Å². The zero-order valence-electron chi connectivity index (χ0n) is 16.7. The first kappa shape index (κ1) is 22.2. The highest BCUT2D eigenvalue weighted by Gasteiger charge is 2.08. The fourth-order valence-corrected chi connectivity index (χ4v) is 2.76. The number of allylic oxidation sites excluding steroid dienone is 2. The van der Waals surface area contributed by atoms with Crippen LogP contribution in [-0.4, -0.2) is 25.2 Å². The lowest BCUT2D eigenvalue weighted by molar-refractivity contribution is -0.144. The Morgan fingerprint density at radius 2 is 1.41 bits per heavy atom. The summed E-state index contributed by atoms with van der Waals surface area (Å²) in [5.41, 5.74) is 2.68. The molecule has 0 N–H and O–H groups in total. The van der Waals surface area contributed by atoms with Gasteiger partial charge in [0.25, 0.3) is 0 Å². The van der Waals surface area contributed by atoms with Gasteiger partial charge in [0.1, 0.15) is 0 Å². The van der Waals surface area contributed by atoms with E-state index in [4.69, 9.17) is 9.47 Å². The van der Waals surface area contributed by atoms with Crippen molar-refractivity contribution in [1.29, 1.82) is 0 Å². The first-order valence-electron chi connectivity index (χ1n) is 9.87. The molecule has 29 heavy (non-hydrogen) atoms. The predicted molar refractivity (Wildman–Crippen MR) is 115 cm³/mol. The first-order valence-corrected chi connectivity index (χ1v) is 9.87. The van der Waals surface area contributed by atoms with Crippen LogP contribution in [0.15, 0.2) is 79.9 Å². The molecule has 0 aromatic heterocycles. The van der Waals surface area contributed by atoms with E-state index in [0.29, 0.717) is 44.5 Å². The van der Waals surface area contributed by atoms with Gasteiger partial charge in [0.15, 0.2) is 0 Å². The number of carbonyl (C=O) groups excluding carboxylic acids is 2. The summed E-state index contributed by atoms with van der Waals surface area (Å²) in [6, 6.07) is 17.3. The molecule has 152 valence electrons. The third-order valence-electron chi connectivity index (χ3n) is 4.55. The van der Waals surface area contributed by atoms with Gasteiger partial charge in [-0.05, 0) is 48.4 Å². The van der Waals surface area contributed by atoms with Crippen LogP contribution in [0.3, 0.4) is 0 Å². The standard InChI is InChI=1S/C25H28O4/c1-3-20(4-2)12-17-24(26)28-18-8-9-19-29-25(27)23-15-13-22(14-16-23)21-10-6-5-7-11-21/h3-7,10-11,13-16,20H,1-2,8-9,12,17-19H2. The summed E-state index contributed by atoms with van der Waals surface area (Å²) in [6.07, 6.45) is 5.83. The monoisotopic (exact) mass is 392 g/mol. The van der Waals surface area contributed by atoms with Crippen molar-refractivity contribution in [1.82, 2.24) is 0 Å². The number of rotatable bonds is 12. The maximum Gasteiger partial charge on any atom is 0.338 e. The van der Waals surface area contributed by atoms with Crippen LogP contribution in [-0.2, 0) is 14.3 Å². The molecule has 0 amide bonds. The second-order valence-corrected chi connectivity index (χ2v) is 6.68. The van der Waals surface area contributed by atoms with Gasteiger partial charge in [0.05, 0.1) is 18.8 Å². The van der Waals surface area contributed by atoms with Crippen LogP contribution in [0.4, 0.5) is 0 Å². The fraction of sp³-hybridized carbons (Fsp3) is 0.280. The Morgan fingerprint density at radius 3 is 2.03 bits per heavy atom. The van der Waals surface area contributed by atoms with Gasteiger partial charge in [-0.15, -0.1) is 13.2 Å². The van der Waals surface area contributed by atoms with Gasteiger partial charge in [0, 0.05) is 6.42 Å². The Bertz CT molecular complexity index is 785. The van der Waals surface area contributed by atoms with Crippen molar-refractivity contribution in [3.05, 3.63) is 85.5 Å². The minimum absolute atomic E-state index is 0.128. The smallest absolute Gasteiger partial charge is 0.338 e. The molecule has 0 bridgehead atoms. The van der Waals surface area contributed by atoms with Crippen molar-refractivity contribution in [3.8, 4) is 11.1 Å². The maximum absolute atomic E-state index is 12.1. The molecule has 2 aromatic carbocycles. The van der Waals surface area contributed by atoms with Gasteiger partial charge >= 0.3 is 11.9 Å². The van der Waals surface area contributed by atoms with E-state index in [1.165, 1.54) is 0 Å². The summed E-state index contributed by atoms with van der Waals surface area (Å²) < 4.78 is 10.5. The van der Waals surface area contributed by atoms with E-state index in [1.807, 2.05) is 42.5 Å². The first-order chi connectivity index (χ1) is 14.1. The largest absolute Gasteiger partial charge is 0.466 e. The number of hydrogen-bond acceptors (Lipinski definition) is 4. The molecule has 0 spiro atoms. The van der Waals surface area contributed by atoms with E-state index >= 15 is 0 Å². The minimum Gasteiger partial charge on any atom is -0.466 e. The van der Waals surface area contributed by atoms with Crippen molar-refractivity contribution in [2.75, 3.05) is 13.2 Å². The number of benzene rings is 2. The van der Waals surface area contributed by atoms with Crippen LogP contribution in [0.25, 0.3) is 11.1 Å². The van der Waals surface area contributed by atoms with Gasteiger partial charge in [0.2, 0.25) is 0 Å². The number of ether oxygens (including phenoxy) is 2. The van der Waals surface area contributed by atoms with E-state index in [-0.39, 0.29) is 17.9 Å². The van der Waals surface area contributed by atoms with E-state index < -0.39 is 0 Å².